The number of carbonyl (C=O) groups excluding carboxylic acids is 1. The van der Waals surface area contributed by atoms with Crippen molar-refractivity contribution in [2.75, 3.05) is 19.8 Å². The van der Waals surface area contributed by atoms with Gasteiger partial charge in [-0.05, 0) is 24.5 Å². The molecule has 1 heterocycles. The Morgan fingerprint density at radius 2 is 2.13 bits per heavy atom. The number of hydrogen-bond donors (Lipinski definition) is 0. The Labute approximate surface area is 88.7 Å². The van der Waals surface area contributed by atoms with Crippen molar-refractivity contribution in [2.24, 2.45) is 0 Å². The van der Waals surface area contributed by atoms with Gasteiger partial charge in [0.05, 0.1) is 6.67 Å². The minimum Gasteiger partial charge on any atom is -0.338 e. The lowest BCUT2D eigenvalue weighted by molar-refractivity contribution is 0.0735. The van der Waals surface area contributed by atoms with Crippen LogP contribution in [-0.2, 0) is 6.42 Å². The summed E-state index contributed by atoms with van der Waals surface area (Å²) >= 11 is 0. The lowest BCUT2D eigenvalue weighted by atomic mass is 9.99. The van der Waals surface area contributed by atoms with Gasteiger partial charge in [0.2, 0.25) is 0 Å². The van der Waals surface area contributed by atoms with E-state index in [1.165, 1.54) is 0 Å². The maximum absolute atomic E-state index is 12.0. The number of hydrogen-bond acceptors (Lipinski definition) is 1. The Hall–Kier alpha value is -1.38. The monoisotopic (exact) mass is 207 g/mol. The third-order valence-corrected chi connectivity index (χ3v) is 2.75. The van der Waals surface area contributed by atoms with E-state index in [4.69, 9.17) is 0 Å². The molecule has 80 valence electrons. The van der Waals surface area contributed by atoms with Gasteiger partial charge in [0.1, 0.15) is 0 Å². The summed E-state index contributed by atoms with van der Waals surface area (Å²) in [5.41, 5.74) is 1.89. The first kappa shape index (κ1) is 10.1. The van der Waals surface area contributed by atoms with Gasteiger partial charge in [0.25, 0.3) is 5.91 Å². The Bertz CT molecular complexity index is 364. The van der Waals surface area contributed by atoms with Gasteiger partial charge in [-0.3, -0.25) is 9.18 Å². The van der Waals surface area contributed by atoms with Crippen molar-refractivity contribution in [3.63, 3.8) is 0 Å². The molecule has 0 aliphatic carbocycles. The predicted octanol–water partition coefficient (Wildman–Crippen LogP) is 2.04. The van der Waals surface area contributed by atoms with Crippen LogP contribution in [0.15, 0.2) is 24.3 Å². The van der Waals surface area contributed by atoms with Gasteiger partial charge in [-0.25, -0.2) is 0 Å². The van der Waals surface area contributed by atoms with Crippen molar-refractivity contribution >= 4 is 5.91 Å². The van der Waals surface area contributed by atoms with E-state index < -0.39 is 0 Å². The van der Waals surface area contributed by atoms with Crippen LogP contribution in [0.25, 0.3) is 0 Å². The summed E-state index contributed by atoms with van der Waals surface area (Å²) in [6.07, 6.45) is 1.32. The molecule has 1 amide bonds. The Morgan fingerprint density at radius 3 is 2.93 bits per heavy atom. The molecule has 0 saturated carbocycles. The van der Waals surface area contributed by atoms with Crippen LogP contribution < -0.4 is 0 Å². The van der Waals surface area contributed by atoms with Crippen LogP contribution in [0, 0.1) is 0 Å². The van der Waals surface area contributed by atoms with E-state index in [0.717, 1.165) is 24.1 Å². The average molecular weight is 207 g/mol. The molecule has 0 unspecified atom stereocenters. The SMILES string of the molecule is O=C1c2ccccc2CCN1CCCF. The van der Waals surface area contributed by atoms with Crippen molar-refractivity contribution < 1.29 is 9.18 Å². The molecule has 15 heavy (non-hydrogen) atoms. The number of carbonyl (C=O) groups is 1. The molecule has 0 radical (unpaired) electrons. The van der Waals surface area contributed by atoms with Crippen molar-refractivity contribution in [2.45, 2.75) is 12.8 Å². The molecular weight excluding hydrogens is 193 g/mol. The van der Waals surface area contributed by atoms with E-state index in [2.05, 4.69) is 0 Å². The van der Waals surface area contributed by atoms with E-state index in [9.17, 15) is 9.18 Å². The molecule has 0 fully saturated rings. The highest BCUT2D eigenvalue weighted by molar-refractivity contribution is 5.96. The summed E-state index contributed by atoms with van der Waals surface area (Å²) in [4.78, 5) is 13.7. The van der Waals surface area contributed by atoms with Crippen LogP contribution in [0.3, 0.4) is 0 Å². The van der Waals surface area contributed by atoms with Crippen LogP contribution in [0.5, 0.6) is 0 Å². The highest BCUT2D eigenvalue weighted by Gasteiger charge is 2.22. The maximum atomic E-state index is 12.0. The van der Waals surface area contributed by atoms with Crippen molar-refractivity contribution in [3.05, 3.63) is 35.4 Å². The minimum atomic E-state index is -0.356. The van der Waals surface area contributed by atoms with Gasteiger partial charge in [0, 0.05) is 18.7 Å². The molecule has 0 atom stereocenters. The summed E-state index contributed by atoms with van der Waals surface area (Å²) in [6, 6.07) is 7.65. The number of benzene rings is 1. The third-order valence-electron chi connectivity index (χ3n) is 2.75. The lowest BCUT2D eigenvalue weighted by Gasteiger charge is -2.28. The number of halogens is 1. The Kier molecular flexibility index (Phi) is 2.99. The standard InChI is InChI=1S/C12H14FNO/c13-7-3-8-14-9-6-10-4-1-2-5-11(10)12(14)15/h1-2,4-5H,3,6-9H2. The second-order valence-corrected chi connectivity index (χ2v) is 3.74. The predicted molar refractivity (Wildman–Crippen MR) is 56.6 cm³/mol. The number of rotatable bonds is 3. The molecule has 1 aliphatic heterocycles. The molecule has 0 aromatic heterocycles. The van der Waals surface area contributed by atoms with Crippen LogP contribution in [0.2, 0.25) is 0 Å². The second-order valence-electron chi connectivity index (χ2n) is 3.74. The van der Waals surface area contributed by atoms with Gasteiger partial charge in [0.15, 0.2) is 0 Å². The van der Waals surface area contributed by atoms with E-state index >= 15 is 0 Å². The largest absolute Gasteiger partial charge is 0.338 e. The topological polar surface area (TPSA) is 20.3 Å². The Morgan fingerprint density at radius 1 is 1.33 bits per heavy atom. The van der Waals surface area contributed by atoms with Gasteiger partial charge >= 0.3 is 0 Å². The van der Waals surface area contributed by atoms with Crippen LogP contribution in [0.4, 0.5) is 4.39 Å². The first-order chi connectivity index (χ1) is 7.33. The molecule has 0 N–H and O–H groups in total. The second kappa shape index (κ2) is 4.43. The first-order valence-corrected chi connectivity index (χ1v) is 5.26. The maximum Gasteiger partial charge on any atom is 0.254 e. The normalized spacial score (nSPS) is 15.3. The van der Waals surface area contributed by atoms with Gasteiger partial charge in [-0.2, -0.15) is 0 Å². The zero-order chi connectivity index (χ0) is 10.7. The van der Waals surface area contributed by atoms with Crippen molar-refractivity contribution in [3.8, 4) is 0 Å². The summed E-state index contributed by atoms with van der Waals surface area (Å²) in [5, 5.41) is 0. The van der Waals surface area contributed by atoms with E-state index in [0.29, 0.717) is 13.0 Å². The molecule has 0 bridgehead atoms. The highest BCUT2D eigenvalue weighted by atomic mass is 19.1. The number of fused-ring (bicyclic) bond motifs is 1. The fourth-order valence-corrected chi connectivity index (χ4v) is 1.94. The summed E-state index contributed by atoms with van der Waals surface area (Å²) < 4.78 is 12.0. The van der Waals surface area contributed by atoms with Crippen LogP contribution in [0.1, 0.15) is 22.3 Å². The van der Waals surface area contributed by atoms with Crippen LogP contribution in [-0.4, -0.2) is 30.6 Å². The fraction of sp³-hybridized carbons (Fsp3) is 0.417. The molecule has 1 aromatic carbocycles. The minimum absolute atomic E-state index is 0.0466. The van der Waals surface area contributed by atoms with Gasteiger partial charge < -0.3 is 4.90 Å². The molecule has 2 nitrogen and oxygen atoms in total. The third kappa shape index (κ3) is 2.01. The number of alkyl halides is 1. The molecule has 1 aliphatic rings. The van der Waals surface area contributed by atoms with E-state index in [1.54, 1.807) is 4.90 Å². The lowest BCUT2D eigenvalue weighted by Crippen LogP contribution is -2.38. The highest BCUT2D eigenvalue weighted by Crippen LogP contribution is 2.18. The first-order valence-electron chi connectivity index (χ1n) is 5.26. The quantitative estimate of drug-likeness (QED) is 0.742. The molecule has 2 rings (SSSR count). The zero-order valence-corrected chi connectivity index (χ0v) is 8.58. The molecule has 3 heteroatoms. The zero-order valence-electron chi connectivity index (χ0n) is 8.58. The smallest absolute Gasteiger partial charge is 0.254 e. The van der Waals surface area contributed by atoms with Gasteiger partial charge in [-0.1, -0.05) is 18.2 Å². The fourth-order valence-electron chi connectivity index (χ4n) is 1.94. The summed E-state index contributed by atoms with van der Waals surface area (Å²) in [6.45, 7) is 0.894. The summed E-state index contributed by atoms with van der Waals surface area (Å²) in [7, 11) is 0. The summed E-state index contributed by atoms with van der Waals surface area (Å²) in [5.74, 6) is 0.0466. The van der Waals surface area contributed by atoms with Gasteiger partial charge in [-0.15, -0.1) is 0 Å². The number of nitrogens with zero attached hydrogens (tertiary/aromatic N) is 1. The Balaban J connectivity index is 2.15. The molecule has 0 spiro atoms. The van der Waals surface area contributed by atoms with E-state index in [-0.39, 0.29) is 12.6 Å². The van der Waals surface area contributed by atoms with Crippen molar-refractivity contribution in [1.82, 2.24) is 4.90 Å². The van der Waals surface area contributed by atoms with E-state index in [1.807, 2.05) is 24.3 Å². The van der Waals surface area contributed by atoms with Crippen LogP contribution >= 0.6 is 0 Å². The molecular formula is C12H14FNO. The van der Waals surface area contributed by atoms with Crippen molar-refractivity contribution in [1.29, 1.82) is 0 Å². The average Bonchev–Trinajstić information content (AvgIpc) is 2.29. The molecule has 0 saturated heterocycles. The number of amides is 1. The molecule has 1 aromatic rings.